The number of H-pyrrole nitrogens is 1. The lowest BCUT2D eigenvalue weighted by Crippen LogP contribution is -2.44. The van der Waals surface area contributed by atoms with Crippen molar-refractivity contribution in [3.05, 3.63) is 42.4 Å². The predicted molar refractivity (Wildman–Crippen MR) is 103 cm³/mol. The number of hydrogen-bond donors (Lipinski definition) is 2. The first-order valence-corrected chi connectivity index (χ1v) is 9.00. The molecule has 3 heterocycles. The highest BCUT2D eigenvalue weighted by Crippen LogP contribution is 2.34. The van der Waals surface area contributed by atoms with Gasteiger partial charge in [-0.2, -0.15) is 5.26 Å². The minimum absolute atomic E-state index is 0.0168. The molecule has 0 radical (unpaired) electrons. The Morgan fingerprint density at radius 3 is 2.89 bits per heavy atom. The molecule has 1 aliphatic rings. The molecule has 0 bridgehead atoms. The van der Waals surface area contributed by atoms with E-state index in [0.29, 0.717) is 5.56 Å². The van der Waals surface area contributed by atoms with Gasteiger partial charge in [0.2, 0.25) is 5.91 Å². The van der Waals surface area contributed by atoms with Crippen molar-refractivity contribution in [2.75, 3.05) is 18.0 Å². The third-order valence-electron chi connectivity index (χ3n) is 4.95. The van der Waals surface area contributed by atoms with Crippen LogP contribution >= 0.6 is 0 Å². The summed E-state index contributed by atoms with van der Waals surface area (Å²) in [5.41, 5.74) is 3.35. The van der Waals surface area contributed by atoms with E-state index in [1.807, 2.05) is 24.4 Å². The molecule has 1 amide bonds. The summed E-state index contributed by atoms with van der Waals surface area (Å²) in [7, 11) is 0. The number of nitrogens with zero attached hydrogens (tertiary/aromatic N) is 4. The Morgan fingerprint density at radius 2 is 2.15 bits per heavy atom. The molecule has 0 atom stereocenters. The minimum Gasteiger partial charge on any atom is -0.356 e. The number of aromatic amines is 1. The first kappa shape index (κ1) is 17.0. The van der Waals surface area contributed by atoms with E-state index in [9.17, 15) is 10.1 Å². The van der Waals surface area contributed by atoms with Crippen LogP contribution in [0.5, 0.6) is 0 Å². The Kier molecular flexibility index (Phi) is 4.47. The standard InChI is InChI=1S/C20H20N6O/c1-13(27)25-16-5-7-26(8-6-16)20-18-17(11-22-19(18)23-12-24-20)15-4-2-3-14(9-15)10-21/h2-4,9,11-12,16H,5-8H2,1H3,(H,25,27)(H,22,23,24). The van der Waals surface area contributed by atoms with Gasteiger partial charge < -0.3 is 15.2 Å². The Balaban J connectivity index is 1.69. The molecule has 136 valence electrons. The summed E-state index contributed by atoms with van der Waals surface area (Å²) < 4.78 is 0. The van der Waals surface area contributed by atoms with Crippen molar-refractivity contribution < 1.29 is 4.79 Å². The second-order valence-corrected chi connectivity index (χ2v) is 6.78. The van der Waals surface area contributed by atoms with Crippen LogP contribution in [-0.4, -0.2) is 40.0 Å². The number of carbonyl (C=O) groups is 1. The molecule has 7 nitrogen and oxygen atoms in total. The molecular weight excluding hydrogens is 340 g/mol. The van der Waals surface area contributed by atoms with E-state index < -0.39 is 0 Å². The van der Waals surface area contributed by atoms with Gasteiger partial charge in [0.25, 0.3) is 0 Å². The van der Waals surface area contributed by atoms with E-state index in [0.717, 1.165) is 53.9 Å². The second kappa shape index (κ2) is 7.08. The third kappa shape index (κ3) is 3.34. The topological polar surface area (TPSA) is 97.7 Å². The number of anilines is 1. The van der Waals surface area contributed by atoms with Crippen molar-refractivity contribution in [1.29, 1.82) is 5.26 Å². The quantitative estimate of drug-likeness (QED) is 0.748. The van der Waals surface area contributed by atoms with Crippen LogP contribution in [0.15, 0.2) is 36.8 Å². The zero-order valence-electron chi connectivity index (χ0n) is 15.1. The van der Waals surface area contributed by atoms with Crippen molar-refractivity contribution in [2.24, 2.45) is 0 Å². The number of nitriles is 1. The monoisotopic (exact) mass is 360 g/mol. The molecule has 1 fully saturated rings. The first-order valence-electron chi connectivity index (χ1n) is 9.00. The fraction of sp³-hybridized carbons (Fsp3) is 0.300. The number of nitrogens with one attached hydrogen (secondary N) is 2. The van der Waals surface area contributed by atoms with Gasteiger partial charge in [0.15, 0.2) is 0 Å². The van der Waals surface area contributed by atoms with Crippen molar-refractivity contribution in [3.8, 4) is 17.2 Å². The van der Waals surface area contributed by atoms with Gasteiger partial charge >= 0.3 is 0 Å². The highest BCUT2D eigenvalue weighted by atomic mass is 16.1. The number of aromatic nitrogens is 3. The highest BCUT2D eigenvalue weighted by molar-refractivity contribution is 6.01. The van der Waals surface area contributed by atoms with E-state index >= 15 is 0 Å². The summed E-state index contributed by atoms with van der Waals surface area (Å²) in [5, 5.41) is 13.2. The van der Waals surface area contributed by atoms with Crippen LogP contribution in [0.25, 0.3) is 22.2 Å². The van der Waals surface area contributed by atoms with Crippen molar-refractivity contribution >= 4 is 22.8 Å². The van der Waals surface area contributed by atoms with E-state index in [-0.39, 0.29) is 11.9 Å². The lowest BCUT2D eigenvalue weighted by Gasteiger charge is -2.33. The Labute approximate surface area is 157 Å². The average Bonchev–Trinajstić information content (AvgIpc) is 3.12. The normalized spacial score (nSPS) is 14.9. The molecule has 0 aliphatic carbocycles. The largest absolute Gasteiger partial charge is 0.356 e. The zero-order valence-corrected chi connectivity index (χ0v) is 15.1. The Hall–Kier alpha value is -3.40. The molecule has 7 heteroatoms. The third-order valence-corrected chi connectivity index (χ3v) is 4.95. The second-order valence-electron chi connectivity index (χ2n) is 6.78. The zero-order chi connectivity index (χ0) is 18.8. The number of rotatable bonds is 3. The molecule has 0 spiro atoms. The van der Waals surface area contributed by atoms with Crippen LogP contribution in [0.2, 0.25) is 0 Å². The van der Waals surface area contributed by atoms with E-state index in [4.69, 9.17) is 0 Å². The number of carbonyl (C=O) groups excluding carboxylic acids is 1. The van der Waals surface area contributed by atoms with Gasteiger partial charge in [-0.25, -0.2) is 9.97 Å². The van der Waals surface area contributed by atoms with E-state index in [1.54, 1.807) is 19.3 Å². The number of fused-ring (bicyclic) bond motifs is 1. The van der Waals surface area contributed by atoms with Crippen LogP contribution in [-0.2, 0) is 4.79 Å². The minimum atomic E-state index is 0.0168. The summed E-state index contributed by atoms with van der Waals surface area (Å²) >= 11 is 0. The molecule has 27 heavy (non-hydrogen) atoms. The Morgan fingerprint density at radius 1 is 1.33 bits per heavy atom. The van der Waals surface area contributed by atoms with Gasteiger partial charge in [0.1, 0.15) is 17.8 Å². The molecular formula is C20H20N6O. The van der Waals surface area contributed by atoms with E-state index in [2.05, 4.69) is 31.2 Å². The van der Waals surface area contributed by atoms with Crippen molar-refractivity contribution in [3.63, 3.8) is 0 Å². The maximum atomic E-state index is 11.3. The average molecular weight is 360 g/mol. The van der Waals surface area contributed by atoms with Crippen LogP contribution in [0.3, 0.4) is 0 Å². The molecule has 3 aromatic rings. The maximum Gasteiger partial charge on any atom is 0.217 e. The Bertz CT molecular complexity index is 1030. The van der Waals surface area contributed by atoms with Gasteiger partial charge in [-0.1, -0.05) is 12.1 Å². The molecule has 2 N–H and O–H groups in total. The first-order chi connectivity index (χ1) is 13.2. The molecule has 1 aromatic carbocycles. The van der Waals surface area contributed by atoms with E-state index in [1.165, 1.54) is 0 Å². The molecule has 0 saturated carbocycles. The lowest BCUT2D eigenvalue weighted by molar-refractivity contribution is -0.119. The molecule has 0 unspecified atom stereocenters. The predicted octanol–water partition coefficient (Wildman–Crippen LogP) is 2.60. The van der Waals surface area contributed by atoms with Crippen LogP contribution < -0.4 is 10.2 Å². The maximum absolute atomic E-state index is 11.3. The van der Waals surface area contributed by atoms with Gasteiger partial charge in [-0.05, 0) is 30.5 Å². The molecule has 1 saturated heterocycles. The highest BCUT2D eigenvalue weighted by Gasteiger charge is 2.24. The number of piperidine rings is 1. The number of amides is 1. The number of hydrogen-bond acceptors (Lipinski definition) is 5. The number of benzene rings is 1. The van der Waals surface area contributed by atoms with Crippen LogP contribution in [0, 0.1) is 11.3 Å². The van der Waals surface area contributed by atoms with Gasteiger partial charge in [0, 0.05) is 37.8 Å². The lowest BCUT2D eigenvalue weighted by atomic mass is 10.0. The van der Waals surface area contributed by atoms with Crippen molar-refractivity contribution in [1.82, 2.24) is 20.3 Å². The SMILES string of the molecule is CC(=O)NC1CCN(c2ncnc3[nH]cc(-c4cccc(C#N)c4)c23)CC1. The summed E-state index contributed by atoms with van der Waals surface area (Å²) in [4.78, 5) is 25.7. The summed E-state index contributed by atoms with van der Waals surface area (Å²) in [6.07, 6.45) is 5.26. The van der Waals surface area contributed by atoms with Crippen molar-refractivity contribution in [2.45, 2.75) is 25.8 Å². The summed E-state index contributed by atoms with van der Waals surface area (Å²) in [6.45, 7) is 3.20. The molecule has 4 rings (SSSR count). The molecule has 1 aliphatic heterocycles. The smallest absolute Gasteiger partial charge is 0.217 e. The summed E-state index contributed by atoms with van der Waals surface area (Å²) in [5.74, 6) is 0.906. The fourth-order valence-corrected chi connectivity index (χ4v) is 3.69. The van der Waals surface area contributed by atoms with Crippen LogP contribution in [0.1, 0.15) is 25.3 Å². The molecule has 2 aromatic heterocycles. The van der Waals surface area contributed by atoms with Crippen LogP contribution in [0.4, 0.5) is 5.82 Å². The fourth-order valence-electron chi connectivity index (χ4n) is 3.69. The van der Waals surface area contributed by atoms with Gasteiger partial charge in [-0.3, -0.25) is 4.79 Å². The summed E-state index contributed by atoms with van der Waals surface area (Å²) in [6, 6.07) is 9.95. The van der Waals surface area contributed by atoms with Gasteiger partial charge in [-0.15, -0.1) is 0 Å². The van der Waals surface area contributed by atoms with Gasteiger partial charge in [0.05, 0.1) is 17.0 Å².